The molecule has 0 radical (unpaired) electrons. The normalized spacial score (nSPS) is 10.2. The molecule has 0 fully saturated rings. The van der Waals surface area contributed by atoms with Gasteiger partial charge in [0.15, 0.2) is 11.0 Å². The number of carbonyl (C=O) groups is 1. The Bertz CT molecular complexity index is 347. The average molecular weight is 265 g/mol. The van der Waals surface area contributed by atoms with Crippen LogP contribution in [0.1, 0.15) is 0 Å². The molecule has 0 aliphatic carbocycles. The number of rotatable bonds is 6. The van der Waals surface area contributed by atoms with E-state index in [2.05, 4.69) is 14.1 Å². The second kappa shape index (κ2) is 6.62. The van der Waals surface area contributed by atoms with Crippen LogP contribution in [0, 0.1) is 0 Å². The van der Waals surface area contributed by atoms with Gasteiger partial charge in [0.1, 0.15) is 0 Å². The molecule has 0 aromatic carbocycles. The molecule has 1 rings (SSSR count). The number of amides is 1. The highest BCUT2D eigenvalue weighted by Gasteiger charge is 2.13. The molecule has 0 unspecified atom stereocenters. The van der Waals surface area contributed by atoms with Crippen LogP contribution in [0.5, 0.6) is 0 Å². The van der Waals surface area contributed by atoms with Gasteiger partial charge in [-0.15, -0.1) is 0 Å². The van der Waals surface area contributed by atoms with Crippen molar-refractivity contribution >= 4 is 35.1 Å². The van der Waals surface area contributed by atoms with E-state index in [1.165, 1.54) is 0 Å². The van der Waals surface area contributed by atoms with Gasteiger partial charge in [-0.3, -0.25) is 4.79 Å². The van der Waals surface area contributed by atoms with Gasteiger partial charge >= 0.3 is 0 Å². The third-order valence-electron chi connectivity index (χ3n) is 1.80. The first-order chi connectivity index (χ1) is 7.65. The predicted octanol–water partition coefficient (Wildman–Crippen LogP) is 0.390. The third kappa shape index (κ3) is 3.92. The Morgan fingerprint density at radius 1 is 1.62 bits per heavy atom. The molecule has 0 aliphatic rings. The maximum atomic E-state index is 11.4. The lowest BCUT2D eigenvalue weighted by molar-refractivity contribution is -0.119. The van der Waals surface area contributed by atoms with Gasteiger partial charge in [-0.05, 0) is 0 Å². The Hall–Kier alpha value is -0.920. The SMILES string of the molecule is COCCNC(=O)CN(C)c1nsnc1Cl. The fourth-order valence-corrected chi connectivity index (χ4v) is 1.87. The molecule has 90 valence electrons. The van der Waals surface area contributed by atoms with Crippen LogP contribution in [0.25, 0.3) is 0 Å². The number of hydrogen-bond donors (Lipinski definition) is 1. The van der Waals surface area contributed by atoms with Crippen LogP contribution in [0.15, 0.2) is 0 Å². The smallest absolute Gasteiger partial charge is 0.239 e. The molecule has 1 N–H and O–H groups in total. The lowest BCUT2D eigenvalue weighted by atomic mass is 10.5. The van der Waals surface area contributed by atoms with E-state index < -0.39 is 0 Å². The molecule has 16 heavy (non-hydrogen) atoms. The Morgan fingerprint density at radius 2 is 2.38 bits per heavy atom. The highest BCUT2D eigenvalue weighted by molar-refractivity contribution is 6.99. The van der Waals surface area contributed by atoms with E-state index in [0.29, 0.717) is 24.1 Å². The Kier molecular flexibility index (Phi) is 5.44. The Morgan fingerprint density at radius 3 is 2.94 bits per heavy atom. The molecule has 0 spiro atoms. The number of carbonyl (C=O) groups excluding carboxylic acids is 1. The van der Waals surface area contributed by atoms with Gasteiger partial charge in [-0.2, -0.15) is 8.75 Å². The van der Waals surface area contributed by atoms with Crippen LogP contribution < -0.4 is 10.2 Å². The van der Waals surface area contributed by atoms with Crippen molar-refractivity contribution in [2.45, 2.75) is 0 Å². The molecular weight excluding hydrogens is 252 g/mol. The van der Waals surface area contributed by atoms with Crippen molar-refractivity contribution in [2.24, 2.45) is 0 Å². The zero-order valence-corrected chi connectivity index (χ0v) is 10.6. The molecule has 1 amide bonds. The van der Waals surface area contributed by atoms with Gasteiger partial charge in [-0.1, -0.05) is 11.6 Å². The van der Waals surface area contributed by atoms with Crippen LogP contribution in [0.4, 0.5) is 5.82 Å². The largest absolute Gasteiger partial charge is 0.383 e. The summed E-state index contributed by atoms with van der Waals surface area (Å²) >= 11 is 6.81. The van der Waals surface area contributed by atoms with Crippen molar-refractivity contribution in [1.29, 1.82) is 0 Å². The second-order valence-electron chi connectivity index (χ2n) is 3.08. The highest BCUT2D eigenvalue weighted by atomic mass is 35.5. The highest BCUT2D eigenvalue weighted by Crippen LogP contribution is 2.20. The maximum Gasteiger partial charge on any atom is 0.239 e. The van der Waals surface area contributed by atoms with Gasteiger partial charge in [0.2, 0.25) is 5.91 Å². The van der Waals surface area contributed by atoms with Gasteiger partial charge in [-0.25, -0.2) is 0 Å². The van der Waals surface area contributed by atoms with Crippen LogP contribution in [0.3, 0.4) is 0 Å². The average Bonchev–Trinajstić information content (AvgIpc) is 2.65. The summed E-state index contributed by atoms with van der Waals surface area (Å²) in [6, 6.07) is 0. The first-order valence-corrected chi connectivity index (χ1v) is 5.70. The van der Waals surface area contributed by atoms with Crippen molar-refractivity contribution in [2.75, 3.05) is 38.8 Å². The number of anilines is 1. The molecular formula is C8H13ClN4O2S. The topological polar surface area (TPSA) is 67.3 Å². The summed E-state index contributed by atoms with van der Waals surface area (Å²) in [5.41, 5.74) is 0. The third-order valence-corrected chi connectivity index (χ3v) is 2.68. The molecule has 0 aliphatic heterocycles. The molecule has 0 atom stereocenters. The minimum atomic E-state index is -0.108. The first-order valence-electron chi connectivity index (χ1n) is 4.60. The first kappa shape index (κ1) is 13.1. The molecule has 1 aromatic rings. The second-order valence-corrected chi connectivity index (χ2v) is 3.96. The van der Waals surface area contributed by atoms with Crippen molar-refractivity contribution < 1.29 is 9.53 Å². The summed E-state index contributed by atoms with van der Waals surface area (Å²) in [6.07, 6.45) is 0. The lowest BCUT2D eigenvalue weighted by Crippen LogP contribution is -2.36. The van der Waals surface area contributed by atoms with Gasteiger partial charge in [0.05, 0.1) is 24.9 Å². The molecule has 1 aromatic heterocycles. The van der Waals surface area contributed by atoms with Crippen molar-refractivity contribution in [3.05, 3.63) is 5.15 Å². The molecule has 8 heteroatoms. The van der Waals surface area contributed by atoms with Crippen molar-refractivity contribution in [3.8, 4) is 0 Å². The minimum Gasteiger partial charge on any atom is -0.383 e. The quantitative estimate of drug-likeness (QED) is 0.753. The van der Waals surface area contributed by atoms with Crippen LogP contribution in [-0.2, 0) is 9.53 Å². The van der Waals surface area contributed by atoms with E-state index in [9.17, 15) is 4.79 Å². The predicted molar refractivity (Wildman–Crippen MR) is 63.1 cm³/mol. The molecule has 0 saturated carbocycles. The van der Waals surface area contributed by atoms with E-state index in [0.717, 1.165) is 11.7 Å². The standard InChI is InChI=1S/C8H13ClN4O2S/c1-13(8-7(9)11-16-12-8)5-6(14)10-3-4-15-2/h3-5H2,1-2H3,(H,10,14). The zero-order chi connectivity index (χ0) is 12.0. The monoisotopic (exact) mass is 264 g/mol. The summed E-state index contributed by atoms with van der Waals surface area (Å²) in [6.45, 7) is 1.18. The summed E-state index contributed by atoms with van der Waals surface area (Å²) in [7, 11) is 3.32. The summed E-state index contributed by atoms with van der Waals surface area (Å²) < 4.78 is 12.6. The van der Waals surface area contributed by atoms with Crippen molar-refractivity contribution in [3.63, 3.8) is 0 Å². The summed E-state index contributed by atoms with van der Waals surface area (Å²) in [5.74, 6) is 0.414. The summed E-state index contributed by atoms with van der Waals surface area (Å²) in [5, 5.41) is 3.02. The minimum absolute atomic E-state index is 0.108. The van der Waals surface area contributed by atoms with E-state index in [1.807, 2.05) is 0 Å². The lowest BCUT2D eigenvalue weighted by Gasteiger charge is -2.15. The van der Waals surface area contributed by atoms with Gasteiger partial charge in [0.25, 0.3) is 0 Å². The number of methoxy groups -OCH3 is 1. The number of nitrogens with zero attached hydrogens (tertiary/aromatic N) is 3. The fraction of sp³-hybridized carbons (Fsp3) is 0.625. The van der Waals surface area contributed by atoms with Crippen molar-refractivity contribution in [1.82, 2.24) is 14.1 Å². The number of ether oxygens (including phenoxy) is 1. The number of halogens is 1. The van der Waals surface area contributed by atoms with E-state index in [-0.39, 0.29) is 12.5 Å². The van der Waals surface area contributed by atoms with E-state index >= 15 is 0 Å². The Balaban J connectivity index is 2.37. The Labute approximate surface area is 103 Å². The molecule has 6 nitrogen and oxygen atoms in total. The zero-order valence-electron chi connectivity index (χ0n) is 9.07. The number of hydrogen-bond acceptors (Lipinski definition) is 6. The number of likely N-dealkylation sites (N-methyl/N-ethyl adjacent to an activating group) is 1. The molecule has 0 saturated heterocycles. The van der Waals surface area contributed by atoms with Gasteiger partial charge in [0, 0.05) is 20.7 Å². The van der Waals surface area contributed by atoms with E-state index in [4.69, 9.17) is 16.3 Å². The molecule has 1 heterocycles. The van der Waals surface area contributed by atoms with E-state index in [1.54, 1.807) is 19.1 Å². The maximum absolute atomic E-state index is 11.4. The van der Waals surface area contributed by atoms with Gasteiger partial charge < -0.3 is 15.0 Å². The summed E-state index contributed by atoms with van der Waals surface area (Å²) in [4.78, 5) is 13.1. The molecule has 0 bridgehead atoms. The fourth-order valence-electron chi connectivity index (χ4n) is 1.04. The van der Waals surface area contributed by atoms with Crippen LogP contribution in [0.2, 0.25) is 5.15 Å². The number of aromatic nitrogens is 2. The van der Waals surface area contributed by atoms with Crippen LogP contribution in [-0.4, -0.2) is 48.5 Å². The van der Waals surface area contributed by atoms with Crippen LogP contribution >= 0.6 is 23.3 Å². The number of nitrogens with one attached hydrogen (secondary N) is 1.